The molecule has 0 atom stereocenters. The molecule has 0 heterocycles. The summed E-state index contributed by atoms with van der Waals surface area (Å²) < 4.78 is 0. The maximum Gasteiger partial charge on any atom is -0.0132 e. The van der Waals surface area contributed by atoms with Gasteiger partial charge < -0.3 is 0 Å². The van der Waals surface area contributed by atoms with Gasteiger partial charge in [0.05, 0.1) is 0 Å². The van der Waals surface area contributed by atoms with Gasteiger partial charge in [-0.05, 0) is 70.0 Å². The Morgan fingerprint density at radius 3 is 1.62 bits per heavy atom. The molecule has 2 rings (SSSR count). The second kappa shape index (κ2) is 6.75. The first-order valence-corrected chi connectivity index (χ1v) is 9.28. The smallest absolute Gasteiger partial charge is 0.0132 e. The molecule has 0 bridgehead atoms. The normalized spacial score (nSPS) is 12.3. The number of hydrogen-bond donors (Lipinski definition) is 0. The highest BCUT2D eigenvalue weighted by atomic mass is 14.2. The molecule has 0 amide bonds. The van der Waals surface area contributed by atoms with Crippen LogP contribution >= 0.6 is 0 Å². The molecule has 0 unspecified atom stereocenters. The summed E-state index contributed by atoms with van der Waals surface area (Å²) in [5.41, 5.74) is 10.1. The summed E-state index contributed by atoms with van der Waals surface area (Å²) in [7, 11) is 0. The highest BCUT2D eigenvalue weighted by Gasteiger charge is 2.17. The standard InChI is InChI=1S/C24H34/c1-15(2)22-13-19(14-23(16(3)4)18(22)6)21-11-10-20(12-17(21)5)24(7,8)9/h10-16H,1-9H3. The van der Waals surface area contributed by atoms with E-state index in [0.717, 1.165) is 0 Å². The molecule has 0 nitrogen and oxygen atoms in total. The van der Waals surface area contributed by atoms with Crippen molar-refractivity contribution in [1.29, 1.82) is 0 Å². The van der Waals surface area contributed by atoms with Crippen molar-refractivity contribution in [1.82, 2.24) is 0 Å². The van der Waals surface area contributed by atoms with Crippen molar-refractivity contribution < 1.29 is 0 Å². The van der Waals surface area contributed by atoms with Crippen molar-refractivity contribution in [3.8, 4) is 11.1 Å². The summed E-state index contributed by atoms with van der Waals surface area (Å²) in [4.78, 5) is 0. The van der Waals surface area contributed by atoms with Gasteiger partial charge in [0, 0.05) is 0 Å². The fourth-order valence-corrected chi connectivity index (χ4v) is 3.57. The predicted molar refractivity (Wildman–Crippen MR) is 108 cm³/mol. The van der Waals surface area contributed by atoms with Gasteiger partial charge in [0.1, 0.15) is 0 Å². The molecule has 0 aliphatic carbocycles. The molecule has 0 saturated carbocycles. The van der Waals surface area contributed by atoms with Gasteiger partial charge in [-0.3, -0.25) is 0 Å². The van der Waals surface area contributed by atoms with E-state index in [2.05, 4.69) is 92.6 Å². The Balaban J connectivity index is 2.64. The van der Waals surface area contributed by atoms with E-state index in [1.54, 1.807) is 0 Å². The molecule has 2 aromatic carbocycles. The van der Waals surface area contributed by atoms with E-state index in [9.17, 15) is 0 Å². The van der Waals surface area contributed by atoms with E-state index in [0.29, 0.717) is 11.8 Å². The monoisotopic (exact) mass is 322 g/mol. The van der Waals surface area contributed by atoms with Crippen LogP contribution < -0.4 is 0 Å². The van der Waals surface area contributed by atoms with Gasteiger partial charge in [0.2, 0.25) is 0 Å². The van der Waals surface area contributed by atoms with Crippen LogP contribution in [0.2, 0.25) is 0 Å². The van der Waals surface area contributed by atoms with E-state index in [4.69, 9.17) is 0 Å². The van der Waals surface area contributed by atoms with Crippen molar-refractivity contribution >= 4 is 0 Å². The Kier molecular flexibility index (Phi) is 5.28. The molecule has 0 saturated heterocycles. The molecule has 0 aliphatic heterocycles. The lowest BCUT2D eigenvalue weighted by atomic mass is 9.82. The second-order valence-electron chi connectivity index (χ2n) is 8.87. The molecule has 0 radical (unpaired) electrons. The highest BCUT2D eigenvalue weighted by molar-refractivity contribution is 5.70. The molecule has 0 spiro atoms. The minimum absolute atomic E-state index is 0.197. The van der Waals surface area contributed by atoms with E-state index >= 15 is 0 Å². The van der Waals surface area contributed by atoms with Crippen LogP contribution in [-0.2, 0) is 5.41 Å². The van der Waals surface area contributed by atoms with Crippen LogP contribution in [0, 0.1) is 13.8 Å². The molecular formula is C24H34. The zero-order valence-corrected chi connectivity index (χ0v) is 17.0. The third kappa shape index (κ3) is 3.74. The number of aryl methyl sites for hydroxylation is 1. The summed E-state index contributed by atoms with van der Waals surface area (Å²) in [6, 6.07) is 11.8. The van der Waals surface area contributed by atoms with Crippen molar-refractivity contribution in [3.05, 3.63) is 58.1 Å². The van der Waals surface area contributed by atoms with Crippen LogP contribution in [0.5, 0.6) is 0 Å². The van der Waals surface area contributed by atoms with Crippen LogP contribution in [0.4, 0.5) is 0 Å². The number of rotatable bonds is 3. The minimum atomic E-state index is 0.197. The van der Waals surface area contributed by atoms with Gasteiger partial charge in [-0.25, -0.2) is 0 Å². The van der Waals surface area contributed by atoms with E-state index in [1.165, 1.54) is 38.9 Å². The molecule has 0 heteroatoms. The highest BCUT2D eigenvalue weighted by Crippen LogP contribution is 2.35. The largest absolute Gasteiger partial charge is 0.0587 e. The summed E-state index contributed by atoms with van der Waals surface area (Å²) >= 11 is 0. The van der Waals surface area contributed by atoms with E-state index in [1.807, 2.05) is 0 Å². The summed E-state index contributed by atoms with van der Waals surface area (Å²) in [6.07, 6.45) is 0. The average molecular weight is 323 g/mol. The SMILES string of the molecule is Cc1cc(C(C)(C)C)ccc1-c1cc(C(C)C)c(C)c(C(C)C)c1. The lowest BCUT2D eigenvalue weighted by molar-refractivity contribution is 0.590. The molecular weight excluding hydrogens is 288 g/mol. The van der Waals surface area contributed by atoms with E-state index in [-0.39, 0.29) is 5.41 Å². The molecule has 130 valence electrons. The third-order valence-corrected chi connectivity index (χ3v) is 5.14. The number of hydrogen-bond acceptors (Lipinski definition) is 0. The Hall–Kier alpha value is -1.56. The first-order chi connectivity index (χ1) is 11.0. The second-order valence-corrected chi connectivity index (χ2v) is 8.87. The topological polar surface area (TPSA) is 0 Å². The molecule has 0 N–H and O–H groups in total. The Morgan fingerprint density at radius 2 is 1.25 bits per heavy atom. The summed E-state index contributed by atoms with van der Waals surface area (Å²) in [5.74, 6) is 1.10. The van der Waals surface area contributed by atoms with Crippen LogP contribution in [0.3, 0.4) is 0 Å². The first-order valence-electron chi connectivity index (χ1n) is 9.28. The molecule has 0 aliphatic rings. The Morgan fingerprint density at radius 1 is 0.750 bits per heavy atom. The van der Waals surface area contributed by atoms with Crippen molar-refractivity contribution in [2.45, 2.75) is 79.6 Å². The van der Waals surface area contributed by atoms with Crippen LogP contribution in [-0.4, -0.2) is 0 Å². The van der Waals surface area contributed by atoms with Gasteiger partial charge in [-0.2, -0.15) is 0 Å². The molecule has 0 fully saturated rings. The predicted octanol–water partition coefficient (Wildman–Crippen LogP) is 7.51. The quantitative estimate of drug-likeness (QED) is 0.548. The van der Waals surface area contributed by atoms with Crippen molar-refractivity contribution in [3.63, 3.8) is 0 Å². The molecule has 2 aromatic rings. The van der Waals surface area contributed by atoms with Crippen LogP contribution in [0.25, 0.3) is 11.1 Å². The van der Waals surface area contributed by atoms with Crippen LogP contribution in [0.1, 0.15) is 88.1 Å². The van der Waals surface area contributed by atoms with Gasteiger partial charge in [-0.1, -0.05) is 78.8 Å². The molecule has 24 heavy (non-hydrogen) atoms. The zero-order chi connectivity index (χ0) is 18.2. The zero-order valence-electron chi connectivity index (χ0n) is 17.0. The number of benzene rings is 2. The van der Waals surface area contributed by atoms with Gasteiger partial charge in [0.25, 0.3) is 0 Å². The summed E-state index contributed by atoms with van der Waals surface area (Å²) in [6.45, 7) is 20.6. The maximum absolute atomic E-state index is 2.41. The first kappa shape index (κ1) is 18.8. The van der Waals surface area contributed by atoms with Crippen LogP contribution in [0.15, 0.2) is 30.3 Å². The maximum atomic E-state index is 2.41. The van der Waals surface area contributed by atoms with Crippen molar-refractivity contribution in [2.24, 2.45) is 0 Å². The average Bonchev–Trinajstić information content (AvgIpc) is 2.46. The van der Waals surface area contributed by atoms with E-state index < -0.39 is 0 Å². The fourth-order valence-electron chi connectivity index (χ4n) is 3.57. The van der Waals surface area contributed by atoms with Gasteiger partial charge in [0.15, 0.2) is 0 Å². The van der Waals surface area contributed by atoms with Gasteiger partial charge in [-0.15, -0.1) is 0 Å². The lowest BCUT2D eigenvalue weighted by Crippen LogP contribution is -2.11. The Bertz CT molecular complexity index is 695. The Labute approximate surface area is 149 Å². The summed E-state index contributed by atoms with van der Waals surface area (Å²) in [5, 5.41) is 0. The minimum Gasteiger partial charge on any atom is -0.0587 e. The molecule has 0 aromatic heterocycles. The lowest BCUT2D eigenvalue weighted by Gasteiger charge is -2.22. The van der Waals surface area contributed by atoms with Crippen molar-refractivity contribution in [2.75, 3.05) is 0 Å². The van der Waals surface area contributed by atoms with Gasteiger partial charge >= 0.3 is 0 Å². The third-order valence-electron chi connectivity index (χ3n) is 5.14. The fraction of sp³-hybridized carbons (Fsp3) is 0.500.